The topological polar surface area (TPSA) is 90.2 Å². The molecule has 2 aliphatic heterocycles. The molecule has 6 atom stereocenters. The van der Waals surface area contributed by atoms with E-state index < -0.39 is 18.7 Å². The van der Waals surface area contributed by atoms with Crippen LogP contribution < -0.4 is 5.32 Å². The molecule has 2 aromatic rings. The van der Waals surface area contributed by atoms with Gasteiger partial charge in [0, 0.05) is 24.4 Å². The largest absolute Gasteiger partial charge is 0.482 e. The number of likely N-dealkylation sites (tertiary alicyclic amines) is 1. The number of rotatable bonds is 6. The minimum atomic E-state index is -0.579. The summed E-state index contributed by atoms with van der Waals surface area (Å²) in [6.45, 7) is 13.1. The number of hydrogen-bond acceptors (Lipinski definition) is 6. The Hall–Kier alpha value is -2.52. The van der Waals surface area contributed by atoms with Crippen LogP contribution in [0.4, 0.5) is 4.79 Å². The number of carbonyl (C=O) groups excluding carboxylic acids is 2. The standard InChI is InChI=1S/C31H43BN2O6/c1-29(2,3)38-28(36)34-13-9-10-21(34)17-27(35)33-26(14-19-18-37-23-12-8-7-11-22(19)23)32-39-25-16-20-15-24(30(20,4)5)31(25,6)40-32/h7-8,11-12,18,20-21,24-26H,9-10,13-17H2,1-6H3,(H,33,35)/t20-,21+,24-,25+,26-,31-/m0/s1. The number of carbonyl (C=O) groups is 2. The maximum absolute atomic E-state index is 13.6. The van der Waals surface area contributed by atoms with E-state index in [4.69, 9.17) is 18.5 Å². The van der Waals surface area contributed by atoms with Crippen molar-refractivity contribution in [3.8, 4) is 0 Å². The summed E-state index contributed by atoms with van der Waals surface area (Å²) in [6, 6.07) is 7.75. The smallest absolute Gasteiger partial charge is 0.464 e. The van der Waals surface area contributed by atoms with E-state index in [1.807, 2.05) is 45.0 Å². The highest BCUT2D eigenvalue weighted by Crippen LogP contribution is 2.65. The molecule has 5 fully saturated rings. The Kier molecular flexibility index (Phi) is 6.77. The van der Waals surface area contributed by atoms with E-state index in [0.29, 0.717) is 24.8 Å². The van der Waals surface area contributed by atoms with Gasteiger partial charge in [-0.3, -0.25) is 4.79 Å². The molecule has 0 spiro atoms. The SMILES string of the molecule is CC(C)(C)OC(=O)N1CCC[C@@H]1CC(=O)N[C@@H](Cc1coc2ccccc12)B1O[C@@H]2C[C@@H]3C[C@@H](C3(C)C)[C@]2(C)O1. The summed E-state index contributed by atoms with van der Waals surface area (Å²) in [5.74, 6) is 0.563. The van der Waals surface area contributed by atoms with Crippen molar-refractivity contribution < 1.29 is 28.1 Å². The molecule has 2 bridgehead atoms. The lowest BCUT2D eigenvalue weighted by Crippen LogP contribution is -2.65. The molecule has 3 heterocycles. The molecule has 9 heteroatoms. The molecule has 2 amide bonds. The summed E-state index contributed by atoms with van der Waals surface area (Å²) in [5, 5.41) is 4.29. The zero-order chi connectivity index (χ0) is 28.4. The number of nitrogens with zero attached hydrogens (tertiary/aromatic N) is 1. The molecule has 216 valence electrons. The van der Waals surface area contributed by atoms with E-state index in [2.05, 4.69) is 26.1 Å². The van der Waals surface area contributed by atoms with E-state index in [9.17, 15) is 9.59 Å². The lowest BCUT2D eigenvalue weighted by molar-refractivity contribution is -0.199. The first-order chi connectivity index (χ1) is 18.8. The van der Waals surface area contributed by atoms with Crippen LogP contribution in [0.3, 0.4) is 0 Å². The average Bonchev–Trinajstić information content (AvgIpc) is 3.59. The quantitative estimate of drug-likeness (QED) is 0.477. The molecule has 3 saturated carbocycles. The molecule has 40 heavy (non-hydrogen) atoms. The van der Waals surface area contributed by atoms with Gasteiger partial charge in [0.25, 0.3) is 0 Å². The maximum Gasteiger partial charge on any atom is 0.482 e. The number of nitrogens with one attached hydrogen (secondary N) is 1. The van der Waals surface area contributed by atoms with E-state index in [1.165, 1.54) is 6.42 Å². The van der Waals surface area contributed by atoms with Crippen molar-refractivity contribution >= 4 is 30.1 Å². The van der Waals surface area contributed by atoms with Crippen LogP contribution in [-0.2, 0) is 25.3 Å². The van der Waals surface area contributed by atoms with Crippen LogP contribution in [0.15, 0.2) is 34.9 Å². The third-order valence-corrected chi connectivity index (χ3v) is 10.1. The second-order valence-corrected chi connectivity index (χ2v) is 14.1. The van der Waals surface area contributed by atoms with Crippen molar-refractivity contribution in [3.05, 3.63) is 36.1 Å². The normalized spacial score (nSPS) is 31.6. The van der Waals surface area contributed by atoms with Gasteiger partial charge in [0.2, 0.25) is 5.91 Å². The molecular weight excluding hydrogens is 507 g/mol. The van der Waals surface area contributed by atoms with E-state index >= 15 is 0 Å². The molecule has 3 aliphatic carbocycles. The predicted molar refractivity (Wildman–Crippen MR) is 153 cm³/mol. The van der Waals surface area contributed by atoms with Crippen molar-refractivity contribution in [2.45, 2.75) is 109 Å². The van der Waals surface area contributed by atoms with Crippen molar-refractivity contribution in [1.82, 2.24) is 10.2 Å². The number of furan rings is 1. The molecule has 5 aliphatic rings. The number of ether oxygens (including phenoxy) is 1. The number of hydrogen-bond donors (Lipinski definition) is 1. The predicted octanol–water partition coefficient (Wildman–Crippen LogP) is 5.52. The van der Waals surface area contributed by atoms with Gasteiger partial charge in [-0.25, -0.2) is 4.79 Å². The molecule has 0 unspecified atom stereocenters. The van der Waals surface area contributed by atoms with Crippen molar-refractivity contribution in [3.63, 3.8) is 0 Å². The zero-order valence-electron chi connectivity index (χ0n) is 24.7. The van der Waals surface area contributed by atoms with Crippen LogP contribution >= 0.6 is 0 Å². The minimum Gasteiger partial charge on any atom is -0.464 e. The van der Waals surface area contributed by atoms with E-state index in [-0.39, 0.29) is 41.6 Å². The van der Waals surface area contributed by atoms with Crippen LogP contribution in [0.25, 0.3) is 11.0 Å². The van der Waals surface area contributed by atoms with Gasteiger partial charge in [-0.15, -0.1) is 0 Å². The maximum atomic E-state index is 13.6. The van der Waals surface area contributed by atoms with Crippen molar-refractivity contribution in [2.24, 2.45) is 17.3 Å². The van der Waals surface area contributed by atoms with Crippen LogP contribution in [0.1, 0.15) is 79.2 Å². The summed E-state index contributed by atoms with van der Waals surface area (Å²) in [4.78, 5) is 28.1. The molecule has 7 rings (SSSR count). The molecule has 2 saturated heterocycles. The van der Waals surface area contributed by atoms with Crippen LogP contribution in [0, 0.1) is 17.3 Å². The summed E-state index contributed by atoms with van der Waals surface area (Å²) >= 11 is 0. The van der Waals surface area contributed by atoms with Gasteiger partial charge in [0.05, 0.1) is 23.9 Å². The lowest BCUT2D eigenvalue weighted by Gasteiger charge is -2.64. The summed E-state index contributed by atoms with van der Waals surface area (Å²) in [7, 11) is -0.562. The first kappa shape index (κ1) is 27.6. The van der Waals surface area contributed by atoms with Gasteiger partial charge < -0.3 is 28.7 Å². The second-order valence-electron chi connectivity index (χ2n) is 14.1. The Bertz CT molecular complexity index is 1290. The third-order valence-electron chi connectivity index (χ3n) is 10.1. The van der Waals surface area contributed by atoms with Gasteiger partial charge in [-0.1, -0.05) is 32.0 Å². The summed E-state index contributed by atoms with van der Waals surface area (Å²) < 4.78 is 24.8. The van der Waals surface area contributed by atoms with Gasteiger partial charge in [0.15, 0.2) is 0 Å². The highest BCUT2D eigenvalue weighted by atomic mass is 16.7. The monoisotopic (exact) mass is 550 g/mol. The fourth-order valence-electron chi connectivity index (χ4n) is 7.80. The van der Waals surface area contributed by atoms with Gasteiger partial charge in [0.1, 0.15) is 11.2 Å². The van der Waals surface area contributed by atoms with Crippen LogP contribution in [-0.4, -0.2) is 59.9 Å². The fraction of sp³-hybridized carbons (Fsp3) is 0.677. The number of benzene rings is 1. The second kappa shape index (κ2) is 9.80. The Labute approximate surface area is 237 Å². The molecule has 1 aromatic heterocycles. The van der Waals surface area contributed by atoms with E-state index in [1.54, 1.807) is 11.2 Å². The summed E-state index contributed by atoms with van der Waals surface area (Å²) in [6.07, 6.45) is 5.96. The number of fused-ring (bicyclic) bond motifs is 1. The van der Waals surface area contributed by atoms with Gasteiger partial charge in [-0.05, 0) is 88.7 Å². The van der Waals surface area contributed by atoms with Crippen LogP contribution in [0.2, 0.25) is 0 Å². The van der Waals surface area contributed by atoms with Crippen molar-refractivity contribution in [2.75, 3.05) is 6.54 Å². The molecule has 1 aromatic carbocycles. The van der Waals surface area contributed by atoms with Crippen molar-refractivity contribution in [1.29, 1.82) is 0 Å². The number of amides is 2. The minimum absolute atomic E-state index is 0.0206. The van der Waals surface area contributed by atoms with E-state index in [0.717, 1.165) is 35.8 Å². The fourth-order valence-corrected chi connectivity index (χ4v) is 7.80. The first-order valence-electron chi connectivity index (χ1n) is 14.9. The highest BCUT2D eigenvalue weighted by Gasteiger charge is 2.68. The Morgan fingerprint density at radius 1 is 1.20 bits per heavy atom. The molecule has 0 radical (unpaired) electrons. The van der Waals surface area contributed by atoms with Gasteiger partial charge >= 0.3 is 13.2 Å². The average molecular weight is 551 g/mol. The Morgan fingerprint density at radius 3 is 2.73 bits per heavy atom. The lowest BCUT2D eigenvalue weighted by atomic mass is 9.43. The molecular formula is C31H43BN2O6. The Balaban J connectivity index is 1.20. The third kappa shape index (κ3) is 4.83. The van der Waals surface area contributed by atoms with Crippen LogP contribution in [0.5, 0.6) is 0 Å². The zero-order valence-corrected chi connectivity index (χ0v) is 24.7. The molecule has 8 nitrogen and oxygen atoms in total. The first-order valence-corrected chi connectivity index (χ1v) is 14.9. The summed E-state index contributed by atoms with van der Waals surface area (Å²) in [5.41, 5.74) is 1.11. The number of para-hydroxylation sites is 1. The molecule has 1 N–H and O–H groups in total. The Morgan fingerprint density at radius 2 is 1.98 bits per heavy atom. The van der Waals surface area contributed by atoms with Gasteiger partial charge in [-0.2, -0.15) is 0 Å². The highest BCUT2D eigenvalue weighted by molar-refractivity contribution is 6.48.